The second-order valence-electron chi connectivity index (χ2n) is 11.9. The number of amides is 1. The van der Waals surface area contributed by atoms with Gasteiger partial charge in [0.05, 0.1) is 5.69 Å². The second kappa shape index (κ2) is 9.43. The van der Waals surface area contributed by atoms with E-state index in [0.29, 0.717) is 23.6 Å². The Morgan fingerprint density at radius 1 is 1.13 bits per heavy atom. The Kier molecular flexibility index (Phi) is 6.52. The molecule has 3 aromatic heterocycles. The number of fused-ring (bicyclic) bond motifs is 2. The molecule has 0 aliphatic carbocycles. The molecule has 0 spiro atoms. The molecular formula is C29H34F3N5O. The van der Waals surface area contributed by atoms with E-state index in [0.717, 1.165) is 54.8 Å². The smallest absolute Gasteiger partial charge is 0.354 e. The van der Waals surface area contributed by atoms with E-state index in [1.807, 2.05) is 11.0 Å². The van der Waals surface area contributed by atoms with Gasteiger partial charge in [0.2, 0.25) is 5.91 Å². The summed E-state index contributed by atoms with van der Waals surface area (Å²) < 4.78 is 42.8. The molecule has 0 saturated carbocycles. The van der Waals surface area contributed by atoms with Crippen molar-refractivity contribution in [2.24, 2.45) is 5.41 Å². The van der Waals surface area contributed by atoms with E-state index in [2.05, 4.69) is 61.8 Å². The Labute approximate surface area is 220 Å². The molecule has 4 heterocycles. The number of carbonyl (C=O) groups excluding carboxylic acids is 1. The predicted molar refractivity (Wildman–Crippen MR) is 142 cm³/mol. The second-order valence-corrected chi connectivity index (χ2v) is 11.9. The summed E-state index contributed by atoms with van der Waals surface area (Å²) in [4.78, 5) is 21.9. The number of hydrogen-bond donors (Lipinski definition) is 1. The Morgan fingerprint density at radius 3 is 2.47 bits per heavy atom. The highest BCUT2D eigenvalue weighted by Gasteiger charge is 2.35. The molecule has 38 heavy (non-hydrogen) atoms. The lowest BCUT2D eigenvalue weighted by atomic mass is 9.86. The number of nitrogens with zero attached hydrogens (tertiary/aromatic N) is 4. The van der Waals surface area contributed by atoms with Crippen molar-refractivity contribution in [1.82, 2.24) is 24.5 Å². The highest BCUT2D eigenvalue weighted by molar-refractivity contribution is 5.92. The summed E-state index contributed by atoms with van der Waals surface area (Å²) in [6.07, 6.45) is 0.520. The van der Waals surface area contributed by atoms with Crippen LogP contribution in [0.1, 0.15) is 82.4 Å². The summed E-state index contributed by atoms with van der Waals surface area (Å²) >= 11 is 0. The maximum Gasteiger partial charge on any atom is 0.420 e. The van der Waals surface area contributed by atoms with Gasteiger partial charge in [-0.3, -0.25) is 4.79 Å². The fraction of sp³-hybridized carbons (Fsp3) is 0.483. The van der Waals surface area contributed by atoms with Gasteiger partial charge in [0, 0.05) is 42.2 Å². The van der Waals surface area contributed by atoms with Gasteiger partial charge in [-0.2, -0.15) is 18.3 Å². The summed E-state index contributed by atoms with van der Waals surface area (Å²) in [7, 11) is 0. The highest BCUT2D eigenvalue weighted by Crippen LogP contribution is 2.40. The molecule has 4 aromatic rings. The maximum atomic E-state index is 13.9. The minimum absolute atomic E-state index is 0.0302. The van der Waals surface area contributed by atoms with Crippen molar-refractivity contribution in [2.45, 2.75) is 71.9 Å². The van der Waals surface area contributed by atoms with E-state index >= 15 is 0 Å². The molecule has 5 rings (SSSR count). The van der Waals surface area contributed by atoms with Gasteiger partial charge in [-0.15, -0.1) is 0 Å². The van der Waals surface area contributed by atoms with Crippen molar-refractivity contribution in [3.05, 3.63) is 53.5 Å². The van der Waals surface area contributed by atoms with E-state index in [4.69, 9.17) is 0 Å². The average molecular weight is 526 g/mol. The van der Waals surface area contributed by atoms with Gasteiger partial charge in [0.1, 0.15) is 11.9 Å². The molecule has 1 fully saturated rings. The molecule has 6 nitrogen and oxygen atoms in total. The van der Waals surface area contributed by atoms with Crippen molar-refractivity contribution in [2.75, 3.05) is 13.1 Å². The van der Waals surface area contributed by atoms with Gasteiger partial charge in [-0.1, -0.05) is 40.7 Å². The first kappa shape index (κ1) is 26.3. The normalized spacial score (nSPS) is 15.8. The monoisotopic (exact) mass is 525 g/mol. The molecule has 202 valence electrons. The number of aromatic amines is 1. The molecule has 9 heteroatoms. The van der Waals surface area contributed by atoms with Crippen LogP contribution in [-0.4, -0.2) is 43.5 Å². The molecule has 0 atom stereocenters. The molecule has 1 aliphatic rings. The zero-order valence-corrected chi connectivity index (χ0v) is 22.5. The van der Waals surface area contributed by atoms with Crippen molar-refractivity contribution >= 4 is 22.5 Å². The number of rotatable bonds is 4. The fourth-order valence-electron chi connectivity index (χ4n) is 5.61. The number of carbonyl (C=O) groups is 1. The molecule has 0 bridgehead atoms. The Morgan fingerprint density at radius 2 is 1.84 bits per heavy atom. The van der Waals surface area contributed by atoms with E-state index < -0.39 is 11.7 Å². The molecule has 0 unspecified atom stereocenters. The van der Waals surface area contributed by atoms with Gasteiger partial charge in [-0.05, 0) is 59.4 Å². The van der Waals surface area contributed by atoms with Crippen molar-refractivity contribution in [3.8, 4) is 11.3 Å². The molecule has 1 N–H and O–H groups in total. The Bertz CT molecular complexity index is 1480. The van der Waals surface area contributed by atoms with Crippen molar-refractivity contribution in [1.29, 1.82) is 0 Å². The van der Waals surface area contributed by atoms with Gasteiger partial charge in [-0.25, -0.2) is 9.50 Å². The average Bonchev–Trinajstić information content (AvgIpc) is 3.46. The van der Waals surface area contributed by atoms with E-state index in [-0.39, 0.29) is 22.9 Å². The van der Waals surface area contributed by atoms with E-state index in [1.54, 1.807) is 6.20 Å². The number of H-pyrrole nitrogens is 1. The summed E-state index contributed by atoms with van der Waals surface area (Å²) in [6.45, 7) is 11.8. The van der Waals surface area contributed by atoms with Crippen LogP contribution in [0, 0.1) is 5.41 Å². The predicted octanol–water partition coefficient (Wildman–Crippen LogP) is 7.16. The third kappa shape index (κ3) is 5.02. The van der Waals surface area contributed by atoms with E-state index in [1.165, 1.54) is 10.1 Å². The highest BCUT2D eigenvalue weighted by atomic mass is 19.4. The first-order valence-corrected chi connectivity index (χ1v) is 13.2. The topological polar surface area (TPSA) is 66.3 Å². The van der Waals surface area contributed by atoms with Gasteiger partial charge in [0.25, 0.3) is 0 Å². The zero-order valence-electron chi connectivity index (χ0n) is 22.5. The largest absolute Gasteiger partial charge is 0.420 e. The third-order valence-corrected chi connectivity index (χ3v) is 7.41. The van der Waals surface area contributed by atoms with Gasteiger partial charge >= 0.3 is 6.18 Å². The van der Waals surface area contributed by atoms with Crippen LogP contribution in [0.2, 0.25) is 0 Å². The number of hydrogen-bond acceptors (Lipinski definition) is 3. The van der Waals surface area contributed by atoms with Crippen LogP contribution in [0.25, 0.3) is 27.8 Å². The first-order chi connectivity index (χ1) is 17.8. The molecular weight excluding hydrogens is 491 g/mol. The van der Waals surface area contributed by atoms with Crippen LogP contribution >= 0.6 is 0 Å². The van der Waals surface area contributed by atoms with Crippen LogP contribution in [0.4, 0.5) is 13.2 Å². The van der Waals surface area contributed by atoms with Gasteiger partial charge < -0.3 is 9.88 Å². The SMILES string of the molecule is CC(C)c1c(-c2cc(C(F)(F)F)c3ncnn3c2)[nH]c2ccc(C3CCN(C(=O)CC(C)(C)C)CC3)cc12. The number of benzene rings is 1. The van der Waals surface area contributed by atoms with Crippen LogP contribution in [0.15, 0.2) is 36.8 Å². The number of alkyl halides is 3. The molecule has 1 aliphatic heterocycles. The number of likely N-dealkylation sites (tertiary alicyclic amines) is 1. The van der Waals surface area contributed by atoms with Gasteiger partial charge in [0.15, 0.2) is 5.65 Å². The summed E-state index contributed by atoms with van der Waals surface area (Å²) in [5.41, 5.74) is 3.10. The summed E-state index contributed by atoms with van der Waals surface area (Å²) in [6, 6.07) is 7.47. The minimum Gasteiger partial charge on any atom is -0.354 e. The van der Waals surface area contributed by atoms with Crippen LogP contribution in [0.5, 0.6) is 0 Å². The van der Waals surface area contributed by atoms with E-state index in [9.17, 15) is 18.0 Å². The maximum absolute atomic E-state index is 13.9. The van der Waals surface area contributed by atoms with Crippen molar-refractivity contribution < 1.29 is 18.0 Å². The molecule has 1 saturated heterocycles. The number of pyridine rings is 1. The lowest BCUT2D eigenvalue weighted by Crippen LogP contribution is -2.39. The quantitative estimate of drug-likeness (QED) is 0.307. The zero-order chi connectivity index (χ0) is 27.4. The Hall–Kier alpha value is -3.36. The summed E-state index contributed by atoms with van der Waals surface area (Å²) in [5, 5.41) is 5.00. The fourth-order valence-corrected chi connectivity index (χ4v) is 5.61. The third-order valence-electron chi connectivity index (χ3n) is 7.41. The lowest BCUT2D eigenvalue weighted by molar-refractivity contribution is -0.136. The number of aromatic nitrogens is 4. The Balaban J connectivity index is 1.49. The van der Waals surface area contributed by atoms with Crippen molar-refractivity contribution in [3.63, 3.8) is 0 Å². The first-order valence-electron chi connectivity index (χ1n) is 13.2. The van der Waals surface area contributed by atoms with Crippen LogP contribution < -0.4 is 0 Å². The number of nitrogens with one attached hydrogen (secondary N) is 1. The van der Waals surface area contributed by atoms with Crippen LogP contribution in [0.3, 0.4) is 0 Å². The molecule has 0 radical (unpaired) electrons. The van der Waals surface area contributed by atoms with Crippen LogP contribution in [-0.2, 0) is 11.0 Å². The number of halogens is 3. The standard InChI is InChI=1S/C29H34F3N5O/c1-17(2)25-21-12-19(18-8-10-36(11-9-18)24(38)14-28(3,4)5)6-7-23(21)35-26(25)20-13-22(29(30,31)32)27-33-16-34-37(27)15-20/h6-7,12-13,15-18,35H,8-11,14H2,1-5H3. The molecule has 1 aromatic carbocycles. The minimum atomic E-state index is -4.55. The number of piperidine rings is 1. The summed E-state index contributed by atoms with van der Waals surface area (Å²) in [5.74, 6) is 0.623. The molecule has 1 amide bonds. The lowest BCUT2D eigenvalue weighted by Gasteiger charge is -2.34.